The number of likely N-dealkylation sites (tertiary alicyclic amines) is 1. The van der Waals surface area contributed by atoms with E-state index in [0.29, 0.717) is 12.3 Å². The molecule has 1 fully saturated rings. The number of amides is 2. The maximum absolute atomic E-state index is 12.3. The lowest BCUT2D eigenvalue weighted by atomic mass is 9.89. The van der Waals surface area contributed by atoms with Crippen molar-refractivity contribution in [3.8, 4) is 0 Å². The molecule has 0 saturated carbocycles. The molecule has 0 aromatic rings. The minimum atomic E-state index is 0.0904. The van der Waals surface area contributed by atoms with E-state index in [4.69, 9.17) is 0 Å². The van der Waals surface area contributed by atoms with Crippen LogP contribution in [0.15, 0.2) is 0 Å². The third kappa shape index (κ3) is 4.22. The smallest absolute Gasteiger partial charge is 0.319 e. The van der Waals surface area contributed by atoms with Crippen LogP contribution in [0.25, 0.3) is 0 Å². The van der Waals surface area contributed by atoms with Gasteiger partial charge in [-0.2, -0.15) is 0 Å². The van der Waals surface area contributed by atoms with E-state index in [0.717, 1.165) is 25.8 Å². The number of rotatable bonds is 3. The summed E-state index contributed by atoms with van der Waals surface area (Å²) in [7, 11) is 1.84. The van der Waals surface area contributed by atoms with Crippen molar-refractivity contribution in [2.24, 2.45) is 11.8 Å². The molecule has 0 spiro atoms. The van der Waals surface area contributed by atoms with Gasteiger partial charge in [-0.3, -0.25) is 4.79 Å². The minimum Gasteiger partial charge on any atom is -0.325 e. The zero-order valence-corrected chi connectivity index (χ0v) is 13.0. The van der Waals surface area contributed by atoms with E-state index in [1.807, 2.05) is 39.6 Å². The number of nitrogens with zero attached hydrogens (tertiary/aromatic N) is 2. The Labute approximate surface area is 117 Å². The Kier molecular flexibility index (Phi) is 5.83. The van der Waals surface area contributed by atoms with Crippen molar-refractivity contribution in [1.29, 1.82) is 0 Å². The van der Waals surface area contributed by atoms with Gasteiger partial charge in [0.2, 0.25) is 0 Å². The summed E-state index contributed by atoms with van der Waals surface area (Å²) in [6.07, 6.45) is 2.67. The summed E-state index contributed by atoms with van der Waals surface area (Å²) >= 11 is 0. The molecule has 110 valence electrons. The Hall–Kier alpha value is -1.06. The largest absolute Gasteiger partial charge is 0.325 e. The molecule has 2 amide bonds. The van der Waals surface area contributed by atoms with Crippen molar-refractivity contribution < 1.29 is 9.59 Å². The van der Waals surface area contributed by atoms with Crippen molar-refractivity contribution in [3.05, 3.63) is 0 Å². The van der Waals surface area contributed by atoms with Gasteiger partial charge in [0.05, 0.1) is 0 Å². The number of ketones is 1. The highest BCUT2D eigenvalue weighted by Crippen LogP contribution is 2.22. The lowest BCUT2D eigenvalue weighted by Crippen LogP contribution is -2.44. The first kappa shape index (κ1) is 16.0. The van der Waals surface area contributed by atoms with Crippen molar-refractivity contribution in [2.75, 3.05) is 20.1 Å². The van der Waals surface area contributed by atoms with E-state index in [-0.39, 0.29) is 23.9 Å². The van der Waals surface area contributed by atoms with Crippen LogP contribution in [0.2, 0.25) is 0 Å². The van der Waals surface area contributed by atoms with Gasteiger partial charge in [0.15, 0.2) is 0 Å². The zero-order valence-electron chi connectivity index (χ0n) is 13.0. The van der Waals surface area contributed by atoms with Crippen LogP contribution in [0.1, 0.15) is 47.0 Å². The quantitative estimate of drug-likeness (QED) is 0.789. The molecule has 1 saturated heterocycles. The second kappa shape index (κ2) is 6.92. The fourth-order valence-corrected chi connectivity index (χ4v) is 2.49. The molecule has 1 aliphatic heterocycles. The first-order chi connectivity index (χ1) is 8.84. The summed E-state index contributed by atoms with van der Waals surface area (Å²) in [5, 5.41) is 0. The molecule has 0 bridgehead atoms. The average molecular weight is 268 g/mol. The van der Waals surface area contributed by atoms with E-state index in [1.165, 1.54) is 0 Å². The maximum atomic E-state index is 12.3. The van der Waals surface area contributed by atoms with E-state index >= 15 is 0 Å². The standard InChI is InChI=1S/C15H28N2O2/c1-11(2)14(18)13-7-6-9-17(10-8-13)15(19)16(5)12(3)4/h11-13H,6-10H2,1-5H3. The molecule has 0 aromatic heterocycles. The molecule has 1 rings (SSSR count). The number of hydrogen-bond acceptors (Lipinski definition) is 2. The Bertz CT molecular complexity index is 326. The van der Waals surface area contributed by atoms with Crippen LogP contribution in [0.3, 0.4) is 0 Å². The predicted molar refractivity (Wildman–Crippen MR) is 77.1 cm³/mol. The molecule has 1 heterocycles. The Morgan fingerprint density at radius 3 is 2.26 bits per heavy atom. The molecule has 19 heavy (non-hydrogen) atoms. The van der Waals surface area contributed by atoms with Crippen LogP contribution in [-0.4, -0.2) is 47.8 Å². The summed E-state index contributed by atoms with van der Waals surface area (Å²) < 4.78 is 0. The van der Waals surface area contributed by atoms with Gasteiger partial charge in [0, 0.05) is 38.0 Å². The lowest BCUT2D eigenvalue weighted by Gasteiger charge is -2.29. The van der Waals surface area contributed by atoms with Crippen LogP contribution in [0.4, 0.5) is 4.79 Å². The first-order valence-corrected chi connectivity index (χ1v) is 7.40. The van der Waals surface area contributed by atoms with Gasteiger partial charge in [-0.1, -0.05) is 13.8 Å². The molecule has 0 aliphatic carbocycles. The molecule has 0 radical (unpaired) electrons. The summed E-state index contributed by atoms with van der Waals surface area (Å²) in [5.41, 5.74) is 0. The SMILES string of the molecule is CC(C)C(=O)C1CCCN(C(=O)N(C)C(C)C)CC1. The van der Waals surface area contributed by atoms with Crippen LogP contribution in [-0.2, 0) is 4.79 Å². The van der Waals surface area contributed by atoms with E-state index in [2.05, 4.69) is 0 Å². The highest BCUT2D eigenvalue weighted by Gasteiger charge is 2.27. The van der Waals surface area contributed by atoms with Crippen LogP contribution >= 0.6 is 0 Å². The summed E-state index contributed by atoms with van der Waals surface area (Å²) in [6, 6.07) is 0.302. The third-order valence-corrected chi connectivity index (χ3v) is 4.05. The Balaban J connectivity index is 2.59. The van der Waals surface area contributed by atoms with Gasteiger partial charge >= 0.3 is 6.03 Å². The second-order valence-corrected chi connectivity index (χ2v) is 6.16. The Morgan fingerprint density at radius 1 is 1.11 bits per heavy atom. The molecule has 1 atom stereocenters. The molecule has 1 unspecified atom stereocenters. The van der Waals surface area contributed by atoms with Gasteiger partial charge in [-0.25, -0.2) is 4.79 Å². The van der Waals surface area contributed by atoms with Gasteiger partial charge in [-0.15, -0.1) is 0 Å². The number of Topliss-reactive ketones (excluding diaryl/α,β-unsaturated/α-hetero) is 1. The fourth-order valence-electron chi connectivity index (χ4n) is 2.49. The van der Waals surface area contributed by atoms with Gasteiger partial charge in [0.1, 0.15) is 5.78 Å². The second-order valence-electron chi connectivity index (χ2n) is 6.16. The minimum absolute atomic E-state index is 0.0904. The molecule has 1 aliphatic rings. The number of carbonyl (C=O) groups excluding carboxylic acids is 2. The van der Waals surface area contributed by atoms with Gasteiger partial charge in [0.25, 0.3) is 0 Å². The summed E-state index contributed by atoms with van der Waals surface area (Å²) in [4.78, 5) is 28.0. The van der Waals surface area contributed by atoms with Gasteiger partial charge in [-0.05, 0) is 33.1 Å². The molecule has 4 heteroatoms. The zero-order chi connectivity index (χ0) is 14.6. The van der Waals surface area contributed by atoms with E-state index in [9.17, 15) is 9.59 Å². The lowest BCUT2D eigenvalue weighted by molar-refractivity contribution is -0.126. The molecule has 0 aromatic carbocycles. The van der Waals surface area contributed by atoms with Gasteiger partial charge < -0.3 is 9.80 Å². The predicted octanol–water partition coefficient (Wildman–Crippen LogP) is 2.77. The fraction of sp³-hybridized carbons (Fsp3) is 0.867. The normalized spacial score (nSPS) is 20.6. The highest BCUT2D eigenvalue weighted by atomic mass is 16.2. The summed E-state index contributed by atoms with van der Waals surface area (Å²) in [6.45, 7) is 9.43. The Morgan fingerprint density at radius 2 is 1.74 bits per heavy atom. The van der Waals surface area contributed by atoms with Crippen LogP contribution in [0.5, 0.6) is 0 Å². The monoisotopic (exact) mass is 268 g/mol. The third-order valence-electron chi connectivity index (χ3n) is 4.05. The van der Waals surface area contributed by atoms with E-state index < -0.39 is 0 Å². The summed E-state index contributed by atoms with van der Waals surface area (Å²) in [5.74, 6) is 0.597. The van der Waals surface area contributed by atoms with Crippen LogP contribution < -0.4 is 0 Å². The number of carbonyl (C=O) groups is 2. The van der Waals surface area contributed by atoms with Crippen molar-refractivity contribution in [1.82, 2.24) is 9.80 Å². The molecule has 4 nitrogen and oxygen atoms in total. The average Bonchev–Trinajstić information content (AvgIpc) is 2.61. The molecular formula is C15H28N2O2. The number of urea groups is 1. The van der Waals surface area contributed by atoms with Crippen molar-refractivity contribution >= 4 is 11.8 Å². The van der Waals surface area contributed by atoms with Crippen molar-refractivity contribution in [3.63, 3.8) is 0 Å². The number of hydrogen-bond donors (Lipinski definition) is 0. The highest BCUT2D eigenvalue weighted by molar-refractivity contribution is 5.83. The van der Waals surface area contributed by atoms with E-state index in [1.54, 1.807) is 4.90 Å². The molecule has 0 N–H and O–H groups in total. The first-order valence-electron chi connectivity index (χ1n) is 7.40. The van der Waals surface area contributed by atoms with Crippen LogP contribution in [0, 0.1) is 11.8 Å². The molecular weight excluding hydrogens is 240 g/mol. The maximum Gasteiger partial charge on any atom is 0.319 e. The van der Waals surface area contributed by atoms with Crippen molar-refractivity contribution in [2.45, 2.75) is 53.0 Å². The topological polar surface area (TPSA) is 40.6 Å².